The summed E-state index contributed by atoms with van der Waals surface area (Å²) in [4.78, 5) is 17.3. The molecule has 0 saturated heterocycles. The molecule has 1 aliphatic rings. The first-order chi connectivity index (χ1) is 16.2. The Morgan fingerprint density at radius 3 is 2.61 bits per heavy atom. The number of halogens is 1. The van der Waals surface area contributed by atoms with E-state index in [9.17, 15) is 9.18 Å². The first-order valence-corrected chi connectivity index (χ1v) is 10.6. The summed E-state index contributed by atoms with van der Waals surface area (Å²) in [5, 5.41) is 7.29. The van der Waals surface area contributed by atoms with E-state index < -0.39 is 5.91 Å². The van der Waals surface area contributed by atoms with E-state index >= 15 is 0 Å². The Labute approximate surface area is 189 Å². The zero-order valence-electron chi connectivity index (χ0n) is 17.7. The largest absolute Gasteiger partial charge is 0.467 e. The minimum Gasteiger partial charge on any atom is -0.467 e. The predicted molar refractivity (Wildman–Crippen MR) is 120 cm³/mol. The number of nitrogens with zero attached hydrogens (tertiary/aromatic N) is 3. The highest BCUT2D eigenvalue weighted by atomic mass is 19.1. The molecule has 0 atom stereocenters. The topological polar surface area (TPSA) is 78.3 Å². The van der Waals surface area contributed by atoms with Gasteiger partial charge in [0.15, 0.2) is 12.6 Å². The van der Waals surface area contributed by atoms with E-state index in [-0.39, 0.29) is 25.0 Å². The van der Waals surface area contributed by atoms with Crippen molar-refractivity contribution in [2.75, 3.05) is 13.3 Å². The maximum Gasteiger partial charge on any atom is 0.291 e. The van der Waals surface area contributed by atoms with Crippen LogP contribution in [-0.4, -0.2) is 34.0 Å². The lowest BCUT2D eigenvalue weighted by Gasteiger charge is -2.20. The fourth-order valence-electron chi connectivity index (χ4n) is 3.76. The molecule has 0 unspecified atom stereocenters. The fraction of sp³-hybridized carbons (Fsp3) is 0.160. The van der Waals surface area contributed by atoms with Crippen LogP contribution in [0.1, 0.15) is 21.7 Å². The molecule has 1 aliphatic heterocycles. The van der Waals surface area contributed by atoms with E-state index in [1.165, 1.54) is 12.1 Å². The Morgan fingerprint density at radius 1 is 1.06 bits per heavy atom. The van der Waals surface area contributed by atoms with Gasteiger partial charge < -0.3 is 14.8 Å². The van der Waals surface area contributed by atoms with Crippen molar-refractivity contribution in [3.8, 4) is 22.8 Å². The Bertz CT molecular complexity index is 1220. The van der Waals surface area contributed by atoms with Gasteiger partial charge in [-0.3, -0.25) is 4.79 Å². The lowest BCUT2D eigenvalue weighted by molar-refractivity contribution is -0.0172. The van der Waals surface area contributed by atoms with Crippen molar-refractivity contribution in [2.45, 2.75) is 13.0 Å². The van der Waals surface area contributed by atoms with Crippen molar-refractivity contribution in [3.05, 3.63) is 95.6 Å². The summed E-state index contributed by atoms with van der Waals surface area (Å²) in [6.07, 6.45) is 0.400. The zero-order valence-corrected chi connectivity index (χ0v) is 17.7. The minimum atomic E-state index is -0.406. The summed E-state index contributed by atoms with van der Waals surface area (Å²) >= 11 is 0. The Balaban J connectivity index is 1.35. The van der Waals surface area contributed by atoms with Gasteiger partial charge in [-0.1, -0.05) is 48.5 Å². The molecule has 0 saturated carbocycles. The van der Waals surface area contributed by atoms with Gasteiger partial charge in [0.25, 0.3) is 5.91 Å². The average Bonchev–Trinajstić information content (AvgIpc) is 3.31. The molecule has 0 radical (unpaired) electrons. The van der Waals surface area contributed by atoms with Crippen molar-refractivity contribution >= 4 is 5.91 Å². The van der Waals surface area contributed by atoms with Gasteiger partial charge in [0, 0.05) is 17.7 Å². The third kappa shape index (κ3) is 4.47. The molecule has 0 fully saturated rings. The molecule has 2 heterocycles. The van der Waals surface area contributed by atoms with Crippen LogP contribution in [0.3, 0.4) is 0 Å². The molecule has 5 rings (SSSR count). The number of carbonyl (C=O) groups is 1. The molecule has 0 bridgehead atoms. The first kappa shape index (κ1) is 20.8. The highest BCUT2D eigenvalue weighted by molar-refractivity contribution is 5.91. The maximum atomic E-state index is 14.0. The zero-order chi connectivity index (χ0) is 22.6. The van der Waals surface area contributed by atoms with Gasteiger partial charge in [0.1, 0.15) is 11.6 Å². The van der Waals surface area contributed by atoms with Crippen LogP contribution in [0.15, 0.2) is 72.8 Å². The monoisotopic (exact) mass is 444 g/mol. The summed E-state index contributed by atoms with van der Waals surface area (Å²) < 4.78 is 26.4. The normalized spacial score (nSPS) is 12.6. The molecule has 166 valence electrons. The number of aromatic nitrogens is 3. The van der Waals surface area contributed by atoms with Gasteiger partial charge in [0.05, 0.1) is 12.3 Å². The number of hydrogen-bond donors (Lipinski definition) is 1. The summed E-state index contributed by atoms with van der Waals surface area (Å²) in [6.45, 7) is 0.705. The summed E-state index contributed by atoms with van der Waals surface area (Å²) in [6, 6.07) is 21.9. The third-order valence-electron chi connectivity index (χ3n) is 5.27. The average molecular weight is 444 g/mol. The number of nitrogens with one attached hydrogen (secondary N) is 1. The number of ether oxygens (including phenoxy) is 2. The number of amides is 1. The molecule has 0 spiro atoms. The SMILES string of the molecule is O=C(NCCc1cc(F)cc2c1OCOC2)c1nc(-c2ccccc2)n(-c2ccccc2)n1. The lowest BCUT2D eigenvalue weighted by Crippen LogP contribution is -2.27. The number of benzene rings is 3. The molecular formula is C25H21FN4O3. The smallest absolute Gasteiger partial charge is 0.291 e. The first-order valence-electron chi connectivity index (χ1n) is 10.6. The van der Waals surface area contributed by atoms with Crippen LogP contribution in [-0.2, 0) is 17.8 Å². The number of carbonyl (C=O) groups excluding carboxylic acids is 1. The van der Waals surface area contributed by atoms with Gasteiger partial charge in [-0.2, -0.15) is 0 Å². The molecule has 1 aromatic heterocycles. The molecule has 7 nitrogen and oxygen atoms in total. The van der Waals surface area contributed by atoms with Crippen molar-refractivity contribution < 1.29 is 18.7 Å². The predicted octanol–water partition coefficient (Wildman–Crippen LogP) is 3.91. The van der Waals surface area contributed by atoms with Crippen LogP contribution in [0.5, 0.6) is 5.75 Å². The number of para-hydroxylation sites is 1. The van der Waals surface area contributed by atoms with Crippen molar-refractivity contribution in [1.29, 1.82) is 0 Å². The summed E-state index contributed by atoms with van der Waals surface area (Å²) in [5.41, 5.74) is 2.99. The Morgan fingerprint density at radius 2 is 1.82 bits per heavy atom. The molecule has 1 amide bonds. The van der Waals surface area contributed by atoms with Crippen molar-refractivity contribution in [3.63, 3.8) is 0 Å². The second kappa shape index (κ2) is 9.22. The van der Waals surface area contributed by atoms with E-state index in [0.29, 0.717) is 35.7 Å². The molecule has 33 heavy (non-hydrogen) atoms. The number of fused-ring (bicyclic) bond motifs is 1. The second-order valence-electron chi connectivity index (χ2n) is 7.54. The minimum absolute atomic E-state index is 0.0589. The molecule has 3 aromatic carbocycles. The molecule has 8 heteroatoms. The lowest BCUT2D eigenvalue weighted by atomic mass is 10.1. The molecule has 1 N–H and O–H groups in total. The number of hydrogen-bond acceptors (Lipinski definition) is 5. The fourth-order valence-corrected chi connectivity index (χ4v) is 3.76. The van der Waals surface area contributed by atoms with Gasteiger partial charge in [0.2, 0.25) is 5.82 Å². The van der Waals surface area contributed by atoms with Crippen LogP contribution in [0.25, 0.3) is 17.1 Å². The van der Waals surface area contributed by atoms with Gasteiger partial charge in [-0.05, 0) is 36.2 Å². The third-order valence-corrected chi connectivity index (χ3v) is 5.27. The number of rotatable bonds is 6. The standard InChI is InChI=1S/C25H21FN4O3/c26-20-13-18(22-19(14-20)15-32-16-33-22)11-12-27-25(31)23-28-24(17-7-3-1-4-8-17)30(29-23)21-9-5-2-6-10-21/h1-10,13-14H,11-12,15-16H2,(H,27,31). The Hall–Kier alpha value is -4.04. The van der Waals surface area contributed by atoms with Crippen LogP contribution in [0.4, 0.5) is 4.39 Å². The van der Waals surface area contributed by atoms with Crippen LogP contribution >= 0.6 is 0 Å². The van der Waals surface area contributed by atoms with E-state index in [4.69, 9.17) is 9.47 Å². The van der Waals surface area contributed by atoms with Gasteiger partial charge >= 0.3 is 0 Å². The highest BCUT2D eigenvalue weighted by Gasteiger charge is 2.20. The Kier molecular flexibility index (Phi) is 5.82. The van der Waals surface area contributed by atoms with Crippen LogP contribution < -0.4 is 10.1 Å². The van der Waals surface area contributed by atoms with Crippen molar-refractivity contribution in [2.24, 2.45) is 0 Å². The molecular weight excluding hydrogens is 423 g/mol. The van der Waals surface area contributed by atoms with E-state index in [1.54, 1.807) is 4.68 Å². The van der Waals surface area contributed by atoms with E-state index in [1.807, 2.05) is 60.7 Å². The van der Waals surface area contributed by atoms with Gasteiger partial charge in [-0.25, -0.2) is 14.1 Å². The second-order valence-corrected chi connectivity index (χ2v) is 7.54. The van der Waals surface area contributed by atoms with Gasteiger partial charge in [-0.15, -0.1) is 5.10 Å². The van der Waals surface area contributed by atoms with E-state index in [2.05, 4.69) is 15.4 Å². The quantitative estimate of drug-likeness (QED) is 0.488. The molecule has 0 aliphatic carbocycles. The highest BCUT2D eigenvalue weighted by Crippen LogP contribution is 2.29. The summed E-state index contributed by atoms with van der Waals surface area (Å²) in [7, 11) is 0. The van der Waals surface area contributed by atoms with Crippen LogP contribution in [0.2, 0.25) is 0 Å². The maximum absolute atomic E-state index is 14.0. The van der Waals surface area contributed by atoms with Crippen molar-refractivity contribution in [1.82, 2.24) is 20.1 Å². The van der Waals surface area contributed by atoms with E-state index in [0.717, 1.165) is 11.3 Å². The molecule has 4 aromatic rings. The summed E-state index contributed by atoms with van der Waals surface area (Å²) in [5.74, 6) is 0.481. The van der Waals surface area contributed by atoms with Crippen LogP contribution in [0, 0.1) is 5.82 Å².